The third kappa shape index (κ3) is 6.04. The van der Waals surface area contributed by atoms with Gasteiger partial charge in [0.2, 0.25) is 0 Å². The van der Waals surface area contributed by atoms with Gasteiger partial charge in [0.1, 0.15) is 6.04 Å². The van der Waals surface area contributed by atoms with Gasteiger partial charge >= 0.3 is 5.97 Å². The maximum absolute atomic E-state index is 12.7. The van der Waals surface area contributed by atoms with Gasteiger partial charge in [0.15, 0.2) is 6.10 Å². The molecule has 2 aromatic carbocycles. The lowest BCUT2D eigenvalue weighted by Gasteiger charge is -2.25. The lowest BCUT2D eigenvalue weighted by Crippen LogP contribution is -2.48. The van der Waals surface area contributed by atoms with Gasteiger partial charge in [0.05, 0.1) is 15.5 Å². The van der Waals surface area contributed by atoms with Crippen molar-refractivity contribution < 1.29 is 24.0 Å². The van der Waals surface area contributed by atoms with Crippen LogP contribution in [-0.4, -0.2) is 41.9 Å². The van der Waals surface area contributed by atoms with Crippen molar-refractivity contribution in [3.8, 4) is 0 Å². The van der Waals surface area contributed by atoms with E-state index < -0.39 is 34.9 Å². The van der Waals surface area contributed by atoms with Gasteiger partial charge in [-0.15, -0.1) is 0 Å². The molecule has 0 fully saturated rings. The minimum Gasteiger partial charge on any atom is -0.451 e. The lowest BCUT2D eigenvalue weighted by molar-refractivity contribution is -0.384. The van der Waals surface area contributed by atoms with Crippen LogP contribution in [-0.2, 0) is 14.3 Å². The second kappa shape index (κ2) is 10.7. The summed E-state index contributed by atoms with van der Waals surface area (Å²) in [4.78, 5) is 49.6. The van der Waals surface area contributed by atoms with Gasteiger partial charge in [-0.2, -0.15) is 0 Å². The minimum atomic E-state index is -1.09. The van der Waals surface area contributed by atoms with Crippen LogP contribution in [0.5, 0.6) is 0 Å². The first-order valence-electron chi connectivity index (χ1n) is 9.80. The molecule has 0 aliphatic rings. The first-order valence-corrected chi connectivity index (χ1v) is 10.2. The fraction of sp³-hybridized carbons (Fsp3) is 0.318. The van der Waals surface area contributed by atoms with E-state index in [4.69, 9.17) is 16.3 Å². The molecule has 0 aromatic heterocycles. The highest BCUT2D eigenvalue weighted by Gasteiger charge is 2.31. The van der Waals surface area contributed by atoms with E-state index in [9.17, 15) is 24.5 Å². The molecule has 2 aromatic rings. The Morgan fingerprint density at radius 2 is 1.72 bits per heavy atom. The Hall–Kier alpha value is -3.46. The van der Waals surface area contributed by atoms with Crippen LogP contribution in [0, 0.1) is 16.0 Å². The Bertz CT molecular complexity index is 1010. The van der Waals surface area contributed by atoms with Crippen molar-refractivity contribution in [1.82, 2.24) is 5.32 Å². The topological polar surface area (TPSA) is 119 Å². The summed E-state index contributed by atoms with van der Waals surface area (Å²) in [5, 5.41) is 13.3. The summed E-state index contributed by atoms with van der Waals surface area (Å²) in [5.41, 5.74) is 0.354. The van der Waals surface area contributed by atoms with E-state index in [1.807, 2.05) is 6.07 Å². The highest BCUT2D eigenvalue weighted by atomic mass is 35.5. The molecule has 1 unspecified atom stereocenters. The molecule has 9 nitrogen and oxygen atoms in total. The number of benzene rings is 2. The minimum absolute atomic E-state index is 0.0244. The number of nitrogens with zero attached hydrogens (tertiary/aromatic N) is 2. The van der Waals surface area contributed by atoms with Crippen LogP contribution in [0.15, 0.2) is 48.5 Å². The predicted octanol–water partition coefficient (Wildman–Crippen LogP) is 3.60. The standard InChI is InChI=1S/C22H24ClN3O6/c1-13(2)19(24-20(27)17-11-10-16(26(30)31)12-18(17)23)22(29)32-14(3)21(28)25(4)15-8-6-5-7-9-15/h5-14,19H,1-4H3,(H,24,27)/t14?,19-/m0/s1. The number of nitro groups is 1. The Balaban J connectivity index is 2.09. The number of non-ortho nitro benzene ring substituents is 1. The number of amides is 2. The number of rotatable bonds is 8. The molecule has 10 heteroatoms. The number of nitro benzene ring substituents is 1. The fourth-order valence-corrected chi connectivity index (χ4v) is 3.13. The number of para-hydroxylation sites is 1. The first-order chi connectivity index (χ1) is 15.0. The number of anilines is 1. The Morgan fingerprint density at radius 1 is 1.09 bits per heavy atom. The largest absolute Gasteiger partial charge is 0.451 e. The van der Waals surface area contributed by atoms with E-state index in [0.29, 0.717) is 5.69 Å². The molecular weight excluding hydrogens is 438 g/mol. The van der Waals surface area contributed by atoms with Gasteiger partial charge in [-0.3, -0.25) is 19.7 Å². The maximum Gasteiger partial charge on any atom is 0.329 e. The summed E-state index contributed by atoms with van der Waals surface area (Å²) >= 11 is 6.00. The van der Waals surface area contributed by atoms with Gasteiger partial charge < -0.3 is 15.0 Å². The van der Waals surface area contributed by atoms with Crippen molar-refractivity contribution in [1.29, 1.82) is 0 Å². The number of hydrogen-bond acceptors (Lipinski definition) is 6. The van der Waals surface area contributed by atoms with Crippen molar-refractivity contribution in [2.45, 2.75) is 32.9 Å². The van der Waals surface area contributed by atoms with Gasteiger partial charge in [-0.1, -0.05) is 43.6 Å². The Labute approximate surface area is 190 Å². The van der Waals surface area contributed by atoms with E-state index in [1.54, 1.807) is 45.2 Å². The first kappa shape index (κ1) is 24.8. The fourth-order valence-electron chi connectivity index (χ4n) is 2.87. The molecule has 0 saturated carbocycles. The molecule has 1 N–H and O–H groups in total. The van der Waals surface area contributed by atoms with Gasteiger partial charge in [0, 0.05) is 24.9 Å². The molecule has 0 saturated heterocycles. The molecule has 32 heavy (non-hydrogen) atoms. The van der Waals surface area contributed by atoms with Crippen molar-refractivity contribution in [3.63, 3.8) is 0 Å². The summed E-state index contributed by atoms with van der Waals surface area (Å²) in [6.45, 7) is 4.85. The number of esters is 1. The molecule has 0 aliphatic heterocycles. The van der Waals surface area contributed by atoms with Crippen LogP contribution in [0.3, 0.4) is 0 Å². The number of hydrogen-bond donors (Lipinski definition) is 1. The van der Waals surface area contributed by atoms with E-state index in [0.717, 1.165) is 12.1 Å². The number of carbonyl (C=O) groups is 3. The van der Waals surface area contributed by atoms with Crippen LogP contribution in [0.25, 0.3) is 0 Å². The monoisotopic (exact) mass is 461 g/mol. The van der Waals surface area contributed by atoms with E-state index in [-0.39, 0.29) is 22.2 Å². The Kier molecular flexibility index (Phi) is 8.31. The molecule has 0 bridgehead atoms. The molecule has 0 radical (unpaired) electrons. The SMILES string of the molecule is CC(OC(=O)[C@@H](NC(=O)c1ccc([N+](=O)[O-])cc1Cl)C(C)C)C(=O)N(C)c1ccccc1. The average Bonchev–Trinajstić information content (AvgIpc) is 2.76. The van der Waals surface area contributed by atoms with Crippen molar-refractivity contribution >= 4 is 40.8 Å². The molecule has 0 spiro atoms. The molecular formula is C22H24ClN3O6. The second-order valence-electron chi connectivity index (χ2n) is 7.43. The molecule has 0 aliphatic carbocycles. The van der Waals surface area contributed by atoms with Crippen LogP contribution in [0.4, 0.5) is 11.4 Å². The number of halogens is 1. The zero-order valence-corrected chi connectivity index (χ0v) is 18.8. The van der Waals surface area contributed by atoms with Crippen LogP contribution in [0.2, 0.25) is 5.02 Å². The molecule has 2 rings (SSSR count). The number of likely N-dealkylation sites (N-methyl/N-ethyl adjacent to an activating group) is 1. The third-order valence-corrected chi connectivity index (χ3v) is 5.04. The molecule has 2 amide bonds. The summed E-state index contributed by atoms with van der Waals surface area (Å²) in [7, 11) is 1.57. The predicted molar refractivity (Wildman–Crippen MR) is 120 cm³/mol. The summed E-state index contributed by atoms with van der Waals surface area (Å²) in [6, 6.07) is 11.2. The van der Waals surface area contributed by atoms with E-state index >= 15 is 0 Å². The average molecular weight is 462 g/mol. The molecule has 170 valence electrons. The van der Waals surface area contributed by atoms with E-state index in [1.165, 1.54) is 17.9 Å². The van der Waals surface area contributed by atoms with Crippen molar-refractivity contribution in [2.24, 2.45) is 5.92 Å². The van der Waals surface area contributed by atoms with Crippen LogP contribution < -0.4 is 10.2 Å². The maximum atomic E-state index is 12.7. The van der Waals surface area contributed by atoms with Crippen LogP contribution >= 0.6 is 11.6 Å². The van der Waals surface area contributed by atoms with Crippen LogP contribution in [0.1, 0.15) is 31.1 Å². The van der Waals surface area contributed by atoms with E-state index in [2.05, 4.69) is 5.32 Å². The normalized spacial score (nSPS) is 12.6. The number of carbonyl (C=O) groups excluding carboxylic acids is 3. The summed E-state index contributed by atoms with van der Waals surface area (Å²) in [5.74, 6) is -2.27. The zero-order valence-electron chi connectivity index (χ0n) is 18.1. The molecule has 2 atom stereocenters. The highest BCUT2D eigenvalue weighted by molar-refractivity contribution is 6.34. The Morgan fingerprint density at radius 3 is 2.25 bits per heavy atom. The number of nitrogens with one attached hydrogen (secondary N) is 1. The molecule has 0 heterocycles. The van der Waals surface area contributed by atoms with Crippen molar-refractivity contribution in [2.75, 3.05) is 11.9 Å². The zero-order chi connectivity index (χ0) is 24.0. The lowest BCUT2D eigenvalue weighted by atomic mass is 10.0. The smallest absolute Gasteiger partial charge is 0.329 e. The van der Waals surface area contributed by atoms with Gasteiger partial charge in [-0.05, 0) is 31.0 Å². The third-order valence-electron chi connectivity index (χ3n) is 4.73. The second-order valence-corrected chi connectivity index (χ2v) is 7.84. The quantitative estimate of drug-likeness (QED) is 0.364. The number of ether oxygens (including phenoxy) is 1. The van der Waals surface area contributed by atoms with Gasteiger partial charge in [0.25, 0.3) is 17.5 Å². The summed E-state index contributed by atoms with van der Waals surface area (Å²) in [6.07, 6.45) is -1.09. The van der Waals surface area contributed by atoms with Crippen molar-refractivity contribution in [3.05, 3.63) is 69.2 Å². The summed E-state index contributed by atoms with van der Waals surface area (Å²) < 4.78 is 5.33. The highest BCUT2D eigenvalue weighted by Crippen LogP contribution is 2.23. The van der Waals surface area contributed by atoms with Gasteiger partial charge in [-0.25, -0.2) is 4.79 Å².